The maximum absolute atomic E-state index is 11.2. The summed E-state index contributed by atoms with van der Waals surface area (Å²) in [4.78, 5) is 20.7. The number of nitrogens with one attached hydrogen (secondary N) is 1. The van der Waals surface area contributed by atoms with Gasteiger partial charge in [0.25, 0.3) is 5.69 Å². The maximum atomic E-state index is 11.2. The molecule has 0 aliphatic heterocycles. The molecule has 138 valence electrons. The van der Waals surface area contributed by atoms with E-state index in [9.17, 15) is 20.2 Å². The highest BCUT2D eigenvalue weighted by atomic mass is 16.6. The van der Waals surface area contributed by atoms with Gasteiger partial charge in [-0.1, -0.05) is 19.4 Å². The lowest BCUT2D eigenvalue weighted by molar-refractivity contribution is -0.393. The van der Waals surface area contributed by atoms with Crippen LogP contribution in [0.3, 0.4) is 0 Å². The van der Waals surface area contributed by atoms with Crippen molar-refractivity contribution in [3.8, 4) is 0 Å². The first-order valence-corrected chi connectivity index (χ1v) is 8.65. The normalized spacial score (nSPS) is 25.5. The van der Waals surface area contributed by atoms with Crippen LogP contribution in [0.2, 0.25) is 0 Å². The molecule has 8 nitrogen and oxygen atoms in total. The van der Waals surface area contributed by atoms with Gasteiger partial charge in [-0.2, -0.15) is 5.10 Å². The predicted molar refractivity (Wildman–Crippen MR) is 99.2 cm³/mol. The summed E-state index contributed by atoms with van der Waals surface area (Å²) in [6.07, 6.45) is 5.80. The zero-order valence-corrected chi connectivity index (χ0v) is 15.1. The molecule has 1 aromatic carbocycles. The number of nitro groups is 2. The number of anilines is 1. The number of allylic oxidation sites excluding steroid dienone is 2. The number of non-ortho nitro benzene ring substituents is 1. The minimum atomic E-state index is -0.660. The fourth-order valence-corrected chi connectivity index (χ4v) is 4.27. The fraction of sp³-hybridized carbons (Fsp3) is 0.500. The highest BCUT2D eigenvalue weighted by Crippen LogP contribution is 2.58. The molecule has 2 bridgehead atoms. The average Bonchev–Trinajstić information content (AvgIpc) is 3.14. The third kappa shape index (κ3) is 3.18. The Labute approximate surface area is 151 Å². The van der Waals surface area contributed by atoms with Crippen LogP contribution in [-0.2, 0) is 0 Å². The molecular formula is C18H22N4O4. The minimum Gasteiger partial charge on any atom is -0.271 e. The minimum absolute atomic E-state index is 0.130. The number of nitro benzene ring substituents is 2. The number of rotatable bonds is 5. The van der Waals surface area contributed by atoms with E-state index in [1.807, 2.05) is 6.92 Å². The van der Waals surface area contributed by atoms with E-state index in [2.05, 4.69) is 30.5 Å². The van der Waals surface area contributed by atoms with Gasteiger partial charge in [0.15, 0.2) is 0 Å². The summed E-state index contributed by atoms with van der Waals surface area (Å²) < 4.78 is 0. The van der Waals surface area contributed by atoms with Gasteiger partial charge in [-0.3, -0.25) is 25.7 Å². The molecule has 1 N–H and O–H groups in total. The largest absolute Gasteiger partial charge is 0.301 e. The summed E-state index contributed by atoms with van der Waals surface area (Å²) in [6, 6.07) is 3.46. The summed E-state index contributed by atoms with van der Waals surface area (Å²) in [5.74, 6) is 1.32. The summed E-state index contributed by atoms with van der Waals surface area (Å²) in [5.41, 5.74) is 4.41. The Hall–Kier alpha value is -2.77. The number of fused-ring (bicyclic) bond motifs is 2. The molecule has 26 heavy (non-hydrogen) atoms. The number of benzene rings is 1. The van der Waals surface area contributed by atoms with Crippen LogP contribution in [-0.4, -0.2) is 15.6 Å². The van der Waals surface area contributed by atoms with Crippen LogP contribution < -0.4 is 5.43 Å². The molecule has 8 heteroatoms. The summed E-state index contributed by atoms with van der Waals surface area (Å²) >= 11 is 0. The lowest BCUT2D eigenvalue weighted by Gasteiger charge is -2.32. The summed E-state index contributed by atoms with van der Waals surface area (Å²) in [6.45, 7) is 6.38. The number of hydrogen-bond acceptors (Lipinski definition) is 6. The van der Waals surface area contributed by atoms with Gasteiger partial charge in [0.05, 0.1) is 21.6 Å². The first kappa shape index (κ1) is 18.0. The molecule has 0 saturated heterocycles. The molecule has 2 aliphatic carbocycles. The van der Waals surface area contributed by atoms with Crippen molar-refractivity contribution in [3.63, 3.8) is 0 Å². The van der Waals surface area contributed by atoms with Crippen LogP contribution in [0.25, 0.3) is 0 Å². The van der Waals surface area contributed by atoms with Crippen LogP contribution in [0, 0.1) is 37.5 Å². The highest BCUT2D eigenvalue weighted by molar-refractivity contribution is 5.94. The molecule has 0 heterocycles. The quantitative estimate of drug-likeness (QED) is 0.467. The summed E-state index contributed by atoms with van der Waals surface area (Å²) in [5, 5.41) is 26.2. The molecule has 0 spiro atoms. The SMILES string of the molecule is CC(/C=C1/C2CCC(C2)C1(C)C)=N/Nc1ccc([N+](=O)[O-])cc1[N+](=O)[O-]. The molecule has 2 fully saturated rings. The second-order valence-electron chi connectivity index (χ2n) is 7.61. The number of hydrazone groups is 1. The van der Waals surface area contributed by atoms with E-state index >= 15 is 0 Å². The van der Waals surface area contributed by atoms with E-state index in [1.165, 1.54) is 37.0 Å². The van der Waals surface area contributed by atoms with Crippen molar-refractivity contribution < 1.29 is 9.85 Å². The van der Waals surface area contributed by atoms with Crippen molar-refractivity contribution >= 4 is 22.8 Å². The first-order chi connectivity index (χ1) is 12.2. The molecule has 0 aromatic heterocycles. The molecular weight excluding hydrogens is 336 g/mol. The summed E-state index contributed by atoms with van der Waals surface area (Å²) in [7, 11) is 0. The lowest BCUT2D eigenvalue weighted by atomic mass is 9.72. The maximum Gasteiger partial charge on any atom is 0.301 e. The van der Waals surface area contributed by atoms with E-state index in [4.69, 9.17) is 0 Å². The number of nitrogens with zero attached hydrogens (tertiary/aromatic N) is 3. The standard InChI is InChI=1S/C18H22N4O4/c1-11(8-15-12-4-5-13(9-12)18(15,2)3)19-20-16-7-6-14(21(23)24)10-17(16)22(25)26/h6-8,10,12-13,20H,4-5,9H2,1-3H3/b15-8-,19-11-. The average molecular weight is 358 g/mol. The Morgan fingerprint density at radius 3 is 2.58 bits per heavy atom. The first-order valence-electron chi connectivity index (χ1n) is 8.65. The topological polar surface area (TPSA) is 111 Å². The zero-order valence-electron chi connectivity index (χ0n) is 15.1. The van der Waals surface area contributed by atoms with Gasteiger partial charge in [0.1, 0.15) is 5.69 Å². The molecule has 2 aliphatic rings. The van der Waals surface area contributed by atoms with E-state index in [-0.39, 0.29) is 22.5 Å². The second-order valence-corrected chi connectivity index (χ2v) is 7.61. The third-order valence-corrected chi connectivity index (χ3v) is 5.74. The van der Waals surface area contributed by atoms with Crippen LogP contribution in [0.1, 0.15) is 40.0 Å². The molecule has 2 saturated carbocycles. The Bertz CT molecular complexity index is 828. The predicted octanol–water partition coefficient (Wildman–Crippen LogP) is 4.67. The van der Waals surface area contributed by atoms with Gasteiger partial charge in [0.2, 0.25) is 0 Å². The molecule has 0 amide bonds. The van der Waals surface area contributed by atoms with E-state index in [0.29, 0.717) is 5.92 Å². The zero-order chi connectivity index (χ0) is 19.1. The smallest absolute Gasteiger partial charge is 0.271 e. The highest BCUT2D eigenvalue weighted by Gasteiger charge is 2.48. The van der Waals surface area contributed by atoms with Crippen molar-refractivity contribution in [1.29, 1.82) is 0 Å². The third-order valence-electron chi connectivity index (χ3n) is 5.74. The van der Waals surface area contributed by atoms with Crippen LogP contribution in [0.4, 0.5) is 17.1 Å². The van der Waals surface area contributed by atoms with Gasteiger partial charge in [0, 0.05) is 6.07 Å². The van der Waals surface area contributed by atoms with Crippen LogP contribution >= 0.6 is 0 Å². The van der Waals surface area contributed by atoms with Crippen molar-refractivity contribution in [2.24, 2.45) is 22.4 Å². The van der Waals surface area contributed by atoms with E-state index < -0.39 is 9.85 Å². The van der Waals surface area contributed by atoms with Crippen molar-refractivity contribution in [2.75, 3.05) is 5.43 Å². The van der Waals surface area contributed by atoms with Crippen molar-refractivity contribution in [1.82, 2.24) is 0 Å². The van der Waals surface area contributed by atoms with Crippen LogP contribution in [0.5, 0.6) is 0 Å². The number of hydrogen-bond donors (Lipinski definition) is 1. The van der Waals surface area contributed by atoms with E-state index in [0.717, 1.165) is 17.7 Å². The van der Waals surface area contributed by atoms with Gasteiger partial charge < -0.3 is 0 Å². The molecule has 3 rings (SSSR count). The monoisotopic (exact) mass is 358 g/mol. The van der Waals surface area contributed by atoms with Gasteiger partial charge in [-0.15, -0.1) is 0 Å². The Morgan fingerprint density at radius 1 is 1.27 bits per heavy atom. The molecule has 2 unspecified atom stereocenters. The van der Waals surface area contributed by atoms with Crippen molar-refractivity contribution in [3.05, 3.63) is 50.1 Å². The molecule has 2 atom stereocenters. The van der Waals surface area contributed by atoms with Crippen LogP contribution in [0.15, 0.2) is 34.9 Å². The molecule has 1 aromatic rings. The van der Waals surface area contributed by atoms with E-state index in [1.54, 1.807) is 0 Å². The van der Waals surface area contributed by atoms with Gasteiger partial charge in [-0.05, 0) is 55.6 Å². The van der Waals surface area contributed by atoms with Gasteiger partial charge >= 0.3 is 5.69 Å². The van der Waals surface area contributed by atoms with Crippen molar-refractivity contribution in [2.45, 2.75) is 40.0 Å². The molecule has 0 radical (unpaired) electrons. The Balaban J connectivity index is 1.83. The Morgan fingerprint density at radius 2 is 2.00 bits per heavy atom. The lowest BCUT2D eigenvalue weighted by Crippen LogP contribution is -2.23. The fourth-order valence-electron chi connectivity index (χ4n) is 4.27. The van der Waals surface area contributed by atoms with Gasteiger partial charge in [-0.25, -0.2) is 0 Å². The second kappa shape index (κ2) is 6.51. The Kier molecular flexibility index (Phi) is 4.52.